The van der Waals surface area contributed by atoms with Crippen LogP contribution in [0, 0.1) is 11.3 Å². The van der Waals surface area contributed by atoms with Gasteiger partial charge in [-0.05, 0) is 62.0 Å². The van der Waals surface area contributed by atoms with Gasteiger partial charge in [-0.25, -0.2) is 4.98 Å². The van der Waals surface area contributed by atoms with E-state index < -0.39 is 63.7 Å². The normalized spacial score (nSPS) is 21.2. The summed E-state index contributed by atoms with van der Waals surface area (Å²) >= 11 is 1.40. The Labute approximate surface area is 337 Å². The Morgan fingerprint density at radius 3 is 2.35 bits per heavy atom. The SMILES string of the molecule is CCCC(NC(=O)c1cccc2c1C(=O)N(C)C1(CCN(C(=O)[C@@H](NC(=O)[C@@H](NC(=O)c3cnccn3)C3CCCCC3)C(C)(C)C)C1)S2)C(=O)C(=O)NC1CC1. The fourth-order valence-electron chi connectivity index (χ4n) is 7.96. The summed E-state index contributed by atoms with van der Waals surface area (Å²) in [5.74, 6) is -3.81. The molecule has 4 atom stereocenters. The van der Waals surface area contributed by atoms with Gasteiger partial charge in [0.2, 0.25) is 17.6 Å². The number of carbonyl (C=O) groups is 7. The van der Waals surface area contributed by atoms with Crippen LogP contribution in [0.4, 0.5) is 0 Å². The molecule has 6 rings (SSSR count). The molecule has 3 fully saturated rings. The molecule has 2 aliphatic heterocycles. The van der Waals surface area contributed by atoms with Gasteiger partial charge in [-0.15, -0.1) is 0 Å². The third-order valence-electron chi connectivity index (χ3n) is 11.4. The van der Waals surface area contributed by atoms with Crippen LogP contribution in [-0.4, -0.2) is 110 Å². The van der Waals surface area contributed by atoms with E-state index in [4.69, 9.17) is 0 Å². The van der Waals surface area contributed by atoms with E-state index in [1.807, 2.05) is 27.7 Å². The third-order valence-corrected chi connectivity index (χ3v) is 13.0. The number of thioether (sulfide) groups is 1. The number of amides is 6. The fraction of sp³-hybridized carbons (Fsp3) is 0.585. The molecule has 2 saturated carbocycles. The lowest BCUT2D eigenvalue weighted by atomic mass is 9.82. The van der Waals surface area contributed by atoms with Crippen molar-refractivity contribution in [1.82, 2.24) is 41.0 Å². The third kappa shape index (κ3) is 9.31. The molecule has 1 spiro atoms. The number of nitrogens with zero attached hydrogens (tertiary/aromatic N) is 4. The number of aromatic nitrogens is 2. The second kappa shape index (κ2) is 17.3. The van der Waals surface area contributed by atoms with Crippen molar-refractivity contribution in [1.29, 1.82) is 0 Å². The smallest absolute Gasteiger partial charge is 0.289 e. The van der Waals surface area contributed by atoms with Gasteiger partial charge in [-0.2, -0.15) is 0 Å². The monoisotopic (exact) mass is 802 g/mol. The minimum absolute atomic E-state index is 0.00734. The lowest BCUT2D eigenvalue weighted by molar-refractivity contribution is -0.139. The van der Waals surface area contributed by atoms with E-state index in [-0.39, 0.29) is 47.7 Å². The van der Waals surface area contributed by atoms with Gasteiger partial charge in [-0.1, -0.05) is 71.2 Å². The molecule has 3 heterocycles. The van der Waals surface area contributed by atoms with Gasteiger partial charge in [0.25, 0.3) is 23.6 Å². The Balaban J connectivity index is 1.18. The standard InChI is InChI=1S/C41H54N8O7S/c1-6-11-27(32(50)37(54)44-25-16-17-25)45-34(51)26-14-10-15-29-30(26)38(55)48(5)41(57-29)18-21-49(23-41)39(56)33(40(2,3)4)47-36(53)31(24-12-8-7-9-13-24)46-35(52)28-22-42-19-20-43-28/h10,14-15,19-20,22,24-25,27,31,33H,6-9,11-13,16-18,21,23H2,1-5H3,(H,44,54)(H,45,51)(H,46,52)(H,47,53)/t27?,31-,33+,41?/m0/s1. The number of benzene rings is 1. The van der Waals surface area contributed by atoms with Crippen LogP contribution in [-0.2, 0) is 19.2 Å². The van der Waals surface area contributed by atoms with Crippen molar-refractivity contribution in [3.63, 3.8) is 0 Å². The van der Waals surface area contributed by atoms with Gasteiger partial charge >= 0.3 is 0 Å². The summed E-state index contributed by atoms with van der Waals surface area (Å²) < 4.78 is 0. The highest BCUT2D eigenvalue weighted by atomic mass is 32.2. The van der Waals surface area contributed by atoms with Crippen LogP contribution < -0.4 is 21.3 Å². The van der Waals surface area contributed by atoms with E-state index in [2.05, 4.69) is 31.2 Å². The second-order valence-electron chi connectivity index (χ2n) is 16.8. The molecule has 57 heavy (non-hydrogen) atoms. The summed E-state index contributed by atoms with van der Waals surface area (Å²) in [6.45, 7) is 7.98. The molecule has 0 bridgehead atoms. The molecular weight excluding hydrogens is 749 g/mol. The molecule has 2 aromatic rings. The highest BCUT2D eigenvalue weighted by Gasteiger charge is 2.52. The Morgan fingerprint density at radius 2 is 1.70 bits per heavy atom. The first-order valence-corrected chi connectivity index (χ1v) is 20.9. The summed E-state index contributed by atoms with van der Waals surface area (Å²) in [6, 6.07) is 2.12. The van der Waals surface area contributed by atoms with Gasteiger partial charge < -0.3 is 31.1 Å². The number of ketones is 1. The maximum atomic E-state index is 14.5. The van der Waals surface area contributed by atoms with Crippen LogP contribution in [0.25, 0.3) is 0 Å². The van der Waals surface area contributed by atoms with E-state index in [9.17, 15) is 33.6 Å². The average molecular weight is 803 g/mol. The van der Waals surface area contributed by atoms with E-state index >= 15 is 0 Å². The van der Waals surface area contributed by atoms with Gasteiger partial charge in [0.1, 0.15) is 22.6 Å². The predicted octanol–water partition coefficient (Wildman–Crippen LogP) is 3.24. The zero-order valence-corrected chi connectivity index (χ0v) is 34.2. The molecule has 4 N–H and O–H groups in total. The van der Waals surface area contributed by atoms with E-state index in [0.717, 1.165) is 44.9 Å². The summed E-state index contributed by atoms with van der Waals surface area (Å²) in [4.78, 5) is 106. The summed E-state index contributed by atoms with van der Waals surface area (Å²) in [5, 5.41) is 11.3. The summed E-state index contributed by atoms with van der Waals surface area (Å²) in [7, 11) is 1.66. The first kappa shape index (κ1) is 41.8. The van der Waals surface area contributed by atoms with Crippen molar-refractivity contribution < 1.29 is 33.6 Å². The van der Waals surface area contributed by atoms with Crippen LogP contribution in [0.3, 0.4) is 0 Å². The molecule has 6 amide bonds. The first-order valence-electron chi connectivity index (χ1n) is 20.1. The number of carbonyl (C=O) groups excluding carboxylic acids is 7. The maximum Gasteiger partial charge on any atom is 0.289 e. The quantitative estimate of drug-likeness (QED) is 0.218. The molecule has 2 unspecified atom stereocenters. The molecule has 4 aliphatic rings. The van der Waals surface area contributed by atoms with Gasteiger partial charge in [0, 0.05) is 36.9 Å². The van der Waals surface area contributed by atoms with E-state index in [1.165, 1.54) is 36.4 Å². The van der Waals surface area contributed by atoms with Gasteiger partial charge in [0.05, 0.1) is 29.9 Å². The van der Waals surface area contributed by atoms with Crippen molar-refractivity contribution in [2.75, 3.05) is 20.1 Å². The molecule has 1 aromatic heterocycles. The highest BCUT2D eigenvalue weighted by molar-refractivity contribution is 8.00. The van der Waals surface area contributed by atoms with Gasteiger partial charge in [0.15, 0.2) is 0 Å². The number of nitrogens with one attached hydrogen (secondary N) is 4. The zero-order valence-electron chi connectivity index (χ0n) is 33.4. The first-order chi connectivity index (χ1) is 27.1. The van der Waals surface area contributed by atoms with E-state index in [1.54, 1.807) is 29.0 Å². The van der Waals surface area contributed by atoms with Crippen molar-refractivity contribution >= 4 is 53.0 Å². The Hall–Kier alpha value is -4.86. The molecular formula is C41H54N8O7S. The number of fused-ring (bicyclic) bond motifs is 1. The van der Waals surface area contributed by atoms with Crippen LogP contribution >= 0.6 is 11.8 Å². The topological polar surface area (TPSA) is 200 Å². The Morgan fingerprint density at radius 1 is 0.965 bits per heavy atom. The second-order valence-corrected chi connectivity index (χ2v) is 18.2. The molecule has 1 saturated heterocycles. The zero-order chi connectivity index (χ0) is 41.1. The van der Waals surface area contributed by atoms with Crippen LogP contribution in [0.15, 0.2) is 41.7 Å². The molecule has 0 radical (unpaired) electrons. The van der Waals surface area contributed by atoms with Crippen molar-refractivity contribution in [2.24, 2.45) is 11.3 Å². The molecule has 1 aromatic carbocycles. The van der Waals surface area contributed by atoms with Crippen LogP contribution in [0.5, 0.6) is 0 Å². The number of likely N-dealkylation sites (tertiary alicyclic amines) is 1. The number of Topliss-reactive ketones (excluding diaryl/α,β-unsaturated/α-hetero) is 1. The Kier molecular flexibility index (Phi) is 12.7. The average Bonchev–Trinajstić information content (AvgIpc) is 3.92. The van der Waals surface area contributed by atoms with Crippen molar-refractivity contribution in [3.8, 4) is 0 Å². The number of rotatable bonds is 13. The number of hydrogen-bond acceptors (Lipinski definition) is 10. The minimum atomic E-state index is -1.04. The molecule has 16 heteroatoms. The number of hydrogen-bond donors (Lipinski definition) is 4. The summed E-state index contributed by atoms with van der Waals surface area (Å²) in [6.07, 6.45) is 11.6. The molecule has 306 valence electrons. The summed E-state index contributed by atoms with van der Waals surface area (Å²) in [5.41, 5.74) is -0.317. The minimum Gasteiger partial charge on any atom is -0.347 e. The lowest BCUT2D eigenvalue weighted by Crippen LogP contribution is -2.60. The number of likely N-dealkylation sites (N-methyl/N-ethyl adjacent to an activating group) is 1. The molecule has 2 aliphatic carbocycles. The Bertz CT molecular complexity index is 1890. The predicted molar refractivity (Wildman–Crippen MR) is 212 cm³/mol. The van der Waals surface area contributed by atoms with Crippen molar-refractivity contribution in [2.45, 2.75) is 126 Å². The van der Waals surface area contributed by atoms with Gasteiger partial charge in [-0.3, -0.25) is 38.5 Å². The largest absolute Gasteiger partial charge is 0.347 e. The van der Waals surface area contributed by atoms with E-state index in [0.29, 0.717) is 24.3 Å². The fourth-order valence-corrected chi connectivity index (χ4v) is 9.45. The highest BCUT2D eigenvalue weighted by Crippen LogP contribution is 2.48. The van der Waals surface area contributed by atoms with Crippen LogP contribution in [0.1, 0.15) is 123 Å². The van der Waals surface area contributed by atoms with Crippen LogP contribution in [0.2, 0.25) is 0 Å². The molecule has 15 nitrogen and oxygen atoms in total. The lowest BCUT2D eigenvalue weighted by Gasteiger charge is -2.43. The van der Waals surface area contributed by atoms with Crippen molar-refractivity contribution in [3.05, 3.63) is 53.6 Å². The maximum absolute atomic E-state index is 14.5.